The second kappa shape index (κ2) is 5.53. The van der Waals surface area contributed by atoms with Gasteiger partial charge in [-0.05, 0) is 36.2 Å². The summed E-state index contributed by atoms with van der Waals surface area (Å²) in [5.74, 6) is 2.90. The van der Waals surface area contributed by atoms with Crippen molar-refractivity contribution < 1.29 is 9.90 Å². The SMILES string of the molecule is CCC(CC(=O)O)C1CCSCC1. The molecule has 2 nitrogen and oxygen atoms in total. The Morgan fingerprint density at radius 3 is 2.62 bits per heavy atom. The molecule has 3 heteroatoms. The Hall–Kier alpha value is -0.180. The van der Waals surface area contributed by atoms with Gasteiger partial charge in [-0.15, -0.1) is 0 Å². The molecule has 0 spiro atoms. The Morgan fingerprint density at radius 2 is 2.15 bits per heavy atom. The lowest BCUT2D eigenvalue weighted by atomic mass is 9.83. The first-order valence-electron chi connectivity index (χ1n) is 5.03. The van der Waals surface area contributed by atoms with Gasteiger partial charge in [0.05, 0.1) is 0 Å². The maximum atomic E-state index is 10.6. The van der Waals surface area contributed by atoms with Crippen LogP contribution in [0.25, 0.3) is 0 Å². The van der Waals surface area contributed by atoms with Crippen LogP contribution in [0.1, 0.15) is 32.6 Å². The summed E-state index contributed by atoms with van der Waals surface area (Å²) in [6.45, 7) is 2.11. The van der Waals surface area contributed by atoms with Crippen LogP contribution in [0.2, 0.25) is 0 Å². The quantitative estimate of drug-likeness (QED) is 0.761. The zero-order valence-electron chi connectivity index (χ0n) is 8.16. The molecule has 0 aromatic heterocycles. The number of hydrogen-bond donors (Lipinski definition) is 1. The molecular weight excluding hydrogens is 184 g/mol. The lowest BCUT2D eigenvalue weighted by Crippen LogP contribution is -2.21. The van der Waals surface area contributed by atoms with Crippen molar-refractivity contribution >= 4 is 17.7 Å². The van der Waals surface area contributed by atoms with Gasteiger partial charge in [0.1, 0.15) is 0 Å². The average molecular weight is 202 g/mol. The molecule has 1 aliphatic rings. The number of thioether (sulfide) groups is 1. The molecule has 0 aromatic rings. The van der Waals surface area contributed by atoms with E-state index in [1.165, 1.54) is 24.3 Å². The molecule has 0 amide bonds. The van der Waals surface area contributed by atoms with Crippen molar-refractivity contribution in [2.45, 2.75) is 32.6 Å². The molecule has 13 heavy (non-hydrogen) atoms. The molecule has 1 unspecified atom stereocenters. The van der Waals surface area contributed by atoms with Crippen molar-refractivity contribution in [1.82, 2.24) is 0 Å². The van der Waals surface area contributed by atoms with Gasteiger partial charge in [0.15, 0.2) is 0 Å². The molecule has 1 N–H and O–H groups in total. The van der Waals surface area contributed by atoms with Gasteiger partial charge in [-0.1, -0.05) is 13.3 Å². The molecule has 0 radical (unpaired) electrons. The monoisotopic (exact) mass is 202 g/mol. The van der Waals surface area contributed by atoms with Crippen LogP contribution in [-0.4, -0.2) is 22.6 Å². The topological polar surface area (TPSA) is 37.3 Å². The zero-order valence-corrected chi connectivity index (χ0v) is 8.98. The lowest BCUT2D eigenvalue weighted by Gasteiger charge is -2.28. The predicted octanol–water partition coefficient (Wildman–Crippen LogP) is 2.63. The minimum absolute atomic E-state index is 0.367. The van der Waals surface area contributed by atoms with Gasteiger partial charge >= 0.3 is 5.97 Å². The van der Waals surface area contributed by atoms with E-state index in [-0.39, 0.29) is 0 Å². The molecule has 1 fully saturated rings. The predicted molar refractivity (Wildman–Crippen MR) is 56.1 cm³/mol. The third-order valence-electron chi connectivity index (χ3n) is 2.89. The molecule has 0 aromatic carbocycles. The molecular formula is C10H18O2S. The van der Waals surface area contributed by atoms with Crippen molar-refractivity contribution in [3.8, 4) is 0 Å². The van der Waals surface area contributed by atoms with E-state index in [4.69, 9.17) is 5.11 Å². The Balaban J connectivity index is 2.39. The third-order valence-corrected chi connectivity index (χ3v) is 3.94. The van der Waals surface area contributed by atoms with Gasteiger partial charge in [0, 0.05) is 6.42 Å². The standard InChI is InChI=1S/C10H18O2S/c1-2-8(7-10(11)12)9-3-5-13-6-4-9/h8-9H,2-7H2,1H3,(H,11,12). The Morgan fingerprint density at radius 1 is 1.54 bits per heavy atom. The summed E-state index contributed by atoms with van der Waals surface area (Å²) in [4.78, 5) is 10.6. The number of aliphatic carboxylic acids is 1. The molecule has 0 bridgehead atoms. The fraction of sp³-hybridized carbons (Fsp3) is 0.900. The van der Waals surface area contributed by atoms with E-state index in [2.05, 4.69) is 6.92 Å². The highest BCUT2D eigenvalue weighted by atomic mass is 32.2. The van der Waals surface area contributed by atoms with Crippen LogP contribution in [0.4, 0.5) is 0 Å². The first-order valence-corrected chi connectivity index (χ1v) is 6.19. The van der Waals surface area contributed by atoms with E-state index < -0.39 is 5.97 Å². The van der Waals surface area contributed by atoms with Gasteiger partial charge in [0.2, 0.25) is 0 Å². The van der Waals surface area contributed by atoms with E-state index in [1.807, 2.05) is 11.8 Å². The first-order chi connectivity index (χ1) is 6.24. The molecule has 1 heterocycles. The molecule has 1 atom stereocenters. The molecule has 1 saturated heterocycles. The highest BCUT2D eigenvalue weighted by Gasteiger charge is 2.24. The van der Waals surface area contributed by atoms with Crippen LogP contribution in [0.15, 0.2) is 0 Å². The van der Waals surface area contributed by atoms with Crippen LogP contribution in [0.3, 0.4) is 0 Å². The van der Waals surface area contributed by atoms with E-state index in [9.17, 15) is 4.79 Å². The Bertz CT molecular complexity index is 164. The van der Waals surface area contributed by atoms with Crippen molar-refractivity contribution in [3.05, 3.63) is 0 Å². The maximum absolute atomic E-state index is 10.6. The van der Waals surface area contributed by atoms with Gasteiger partial charge in [0.25, 0.3) is 0 Å². The van der Waals surface area contributed by atoms with Crippen LogP contribution < -0.4 is 0 Å². The average Bonchev–Trinajstić information content (AvgIpc) is 2.15. The Kier molecular flexibility index (Phi) is 4.64. The van der Waals surface area contributed by atoms with Gasteiger partial charge in [-0.3, -0.25) is 4.79 Å². The fourth-order valence-electron chi connectivity index (χ4n) is 2.06. The second-order valence-corrected chi connectivity index (χ2v) is 4.94. The number of carboxylic acids is 1. The fourth-order valence-corrected chi connectivity index (χ4v) is 3.20. The number of carboxylic acid groups (broad SMARTS) is 1. The van der Waals surface area contributed by atoms with Crippen LogP contribution >= 0.6 is 11.8 Å². The van der Waals surface area contributed by atoms with Crippen molar-refractivity contribution in [1.29, 1.82) is 0 Å². The number of hydrogen-bond acceptors (Lipinski definition) is 2. The lowest BCUT2D eigenvalue weighted by molar-refractivity contribution is -0.138. The van der Waals surface area contributed by atoms with Crippen LogP contribution in [0.5, 0.6) is 0 Å². The molecule has 1 rings (SSSR count). The molecule has 76 valence electrons. The smallest absolute Gasteiger partial charge is 0.303 e. The summed E-state index contributed by atoms with van der Waals surface area (Å²) >= 11 is 2.00. The van der Waals surface area contributed by atoms with E-state index >= 15 is 0 Å². The number of carbonyl (C=O) groups is 1. The minimum Gasteiger partial charge on any atom is -0.481 e. The Labute approximate surface area is 84.1 Å². The molecule has 0 saturated carbocycles. The van der Waals surface area contributed by atoms with E-state index in [1.54, 1.807) is 0 Å². The summed E-state index contributed by atoms with van der Waals surface area (Å²) in [5, 5.41) is 8.74. The van der Waals surface area contributed by atoms with Crippen LogP contribution in [0, 0.1) is 11.8 Å². The number of rotatable bonds is 4. The van der Waals surface area contributed by atoms with E-state index in [0.717, 1.165) is 6.42 Å². The second-order valence-electron chi connectivity index (χ2n) is 3.72. The largest absolute Gasteiger partial charge is 0.481 e. The van der Waals surface area contributed by atoms with Crippen molar-refractivity contribution in [2.75, 3.05) is 11.5 Å². The highest BCUT2D eigenvalue weighted by molar-refractivity contribution is 7.99. The summed E-state index contributed by atoms with van der Waals surface area (Å²) in [5.41, 5.74) is 0. The van der Waals surface area contributed by atoms with Crippen LogP contribution in [-0.2, 0) is 4.79 Å². The van der Waals surface area contributed by atoms with Gasteiger partial charge in [-0.25, -0.2) is 0 Å². The maximum Gasteiger partial charge on any atom is 0.303 e. The van der Waals surface area contributed by atoms with E-state index in [0.29, 0.717) is 18.3 Å². The summed E-state index contributed by atoms with van der Waals surface area (Å²) < 4.78 is 0. The first kappa shape index (κ1) is 10.9. The normalized spacial score (nSPS) is 21.3. The van der Waals surface area contributed by atoms with Gasteiger partial charge < -0.3 is 5.11 Å². The molecule has 0 aliphatic carbocycles. The zero-order chi connectivity index (χ0) is 9.68. The van der Waals surface area contributed by atoms with Gasteiger partial charge in [-0.2, -0.15) is 11.8 Å². The minimum atomic E-state index is -0.634. The van der Waals surface area contributed by atoms with Crippen molar-refractivity contribution in [2.24, 2.45) is 11.8 Å². The summed E-state index contributed by atoms with van der Waals surface area (Å²) in [6, 6.07) is 0. The van der Waals surface area contributed by atoms with Crippen molar-refractivity contribution in [3.63, 3.8) is 0 Å². The summed E-state index contributed by atoms with van der Waals surface area (Å²) in [7, 11) is 0. The third kappa shape index (κ3) is 3.59. The highest BCUT2D eigenvalue weighted by Crippen LogP contribution is 2.32. The summed E-state index contributed by atoms with van der Waals surface area (Å²) in [6.07, 6.45) is 3.82. The molecule has 1 aliphatic heterocycles.